The molecule has 0 fully saturated rings. The van der Waals surface area contributed by atoms with Gasteiger partial charge in [0.15, 0.2) is 0 Å². The zero-order valence-electron chi connectivity index (χ0n) is 32.8. The molecule has 0 atom stereocenters. The second-order valence-corrected chi connectivity index (χ2v) is 13.2. The summed E-state index contributed by atoms with van der Waals surface area (Å²) in [6.07, 6.45) is 4.44. The van der Waals surface area contributed by atoms with Crippen LogP contribution in [0.2, 0.25) is 0 Å². The Bertz CT molecular complexity index is 2160. The van der Waals surface area contributed by atoms with Gasteiger partial charge in [-0.3, -0.25) is 0 Å². The summed E-state index contributed by atoms with van der Waals surface area (Å²) in [5, 5.41) is 0. The Morgan fingerprint density at radius 1 is 0.298 bits per heavy atom. The third-order valence-electron chi connectivity index (χ3n) is 9.86. The van der Waals surface area contributed by atoms with E-state index in [0.717, 1.165) is 90.3 Å². The molecule has 0 aliphatic rings. The normalized spacial score (nSPS) is 10.5. The van der Waals surface area contributed by atoms with E-state index < -0.39 is 0 Å². The monoisotopic (exact) mass is 751 g/mol. The van der Waals surface area contributed by atoms with Gasteiger partial charge in [0.05, 0.1) is 35.5 Å². The van der Waals surface area contributed by atoms with Gasteiger partial charge < -0.3 is 28.6 Å². The molecule has 0 aliphatic carbocycles. The van der Waals surface area contributed by atoms with Gasteiger partial charge in [-0.15, -0.1) is 0 Å². The van der Waals surface area contributed by atoms with E-state index in [0.29, 0.717) is 0 Å². The minimum atomic E-state index is 0.800. The van der Waals surface area contributed by atoms with Gasteiger partial charge >= 0.3 is 0 Å². The van der Waals surface area contributed by atoms with Crippen LogP contribution < -0.4 is 28.6 Å². The largest absolute Gasteiger partial charge is 0.497 e. The molecule has 6 nitrogen and oxygen atoms in total. The van der Waals surface area contributed by atoms with Gasteiger partial charge in [0.2, 0.25) is 0 Å². The maximum atomic E-state index is 5.50. The fraction of sp³-hybridized carbons (Fsp3) is 0.0980. The third kappa shape index (κ3) is 9.04. The predicted octanol–water partition coefficient (Wildman–Crippen LogP) is 12.4. The first kappa shape index (κ1) is 38.1. The van der Waals surface area contributed by atoms with Crippen molar-refractivity contribution in [3.63, 3.8) is 0 Å². The van der Waals surface area contributed by atoms with Gasteiger partial charge in [-0.05, 0) is 154 Å². The Morgan fingerprint density at radius 2 is 0.509 bits per heavy atom. The molecule has 0 aromatic heterocycles. The minimum absolute atomic E-state index is 0.800. The zero-order valence-corrected chi connectivity index (χ0v) is 32.8. The van der Waals surface area contributed by atoms with Crippen molar-refractivity contribution in [1.82, 2.24) is 0 Å². The molecular weight excluding hydrogens is 707 g/mol. The molecular formula is C51H45NO5. The van der Waals surface area contributed by atoms with E-state index in [2.05, 4.69) is 126 Å². The molecule has 0 spiro atoms. The molecule has 7 aromatic rings. The van der Waals surface area contributed by atoms with Crippen molar-refractivity contribution in [2.45, 2.75) is 0 Å². The Labute approximate surface area is 335 Å². The quantitative estimate of drug-likeness (QED) is 0.103. The van der Waals surface area contributed by atoms with Crippen molar-refractivity contribution < 1.29 is 23.7 Å². The van der Waals surface area contributed by atoms with Crippen LogP contribution in [0.3, 0.4) is 0 Å². The molecule has 0 bridgehead atoms. The maximum Gasteiger partial charge on any atom is 0.119 e. The molecule has 57 heavy (non-hydrogen) atoms. The van der Waals surface area contributed by atoms with Crippen LogP contribution >= 0.6 is 0 Å². The van der Waals surface area contributed by atoms with Crippen LogP contribution in [0.1, 0.15) is 33.4 Å². The van der Waals surface area contributed by atoms with Gasteiger partial charge in [-0.1, -0.05) is 72.8 Å². The summed E-state index contributed by atoms with van der Waals surface area (Å²) in [7, 11) is 8.41. The van der Waals surface area contributed by atoms with Crippen LogP contribution in [0.25, 0.3) is 23.3 Å². The van der Waals surface area contributed by atoms with Crippen molar-refractivity contribution in [2.24, 2.45) is 0 Å². The number of hydrogen-bond donors (Lipinski definition) is 0. The first-order valence-electron chi connectivity index (χ1n) is 18.6. The number of hydrogen-bond acceptors (Lipinski definition) is 6. The summed E-state index contributed by atoms with van der Waals surface area (Å²) < 4.78 is 27.3. The van der Waals surface area contributed by atoms with Gasteiger partial charge in [-0.25, -0.2) is 0 Å². The molecule has 0 unspecified atom stereocenters. The van der Waals surface area contributed by atoms with E-state index in [9.17, 15) is 0 Å². The lowest BCUT2D eigenvalue weighted by Crippen LogP contribution is -2.09. The Kier molecular flexibility index (Phi) is 12.0. The number of ether oxygens (including phenoxy) is 5. The highest BCUT2D eigenvalue weighted by Gasteiger charge is 2.14. The molecule has 0 aliphatic heterocycles. The molecule has 6 heteroatoms. The Balaban J connectivity index is 1.25. The Morgan fingerprint density at radius 3 is 0.737 bits per heavy atom. The summed E-state index contributed by atoms with van der Waals surface area (Å²) in [5.74, 6) is 4.06. The van der Waals surface area contributed by atoms with E-state index in [1.807, 2.05) is 60.7 Å². The summed E-state index contributed by atoms with van der Waals surface area (Å²) >= 11 is 0. The first-order valence-corrected chi connectivity index (χ1v) is 18.6. The van der Waals surface area contributed by atoms with Crippen molar-refractivity contribution in [2.75, 3.05) is 40.4 Å². The van der Waals surface area contributed by atoms with Crippen molar-refractivity contribution in [3.8, 4) is 28.7 Å². The average molecular weight is 752 g/mol. The molecule has 0 heterocycles. The molecule has 0 N–H and O–H groups in total. The van der Waals surface area contributed by atoms with E-state index >= 15 is 0 Å². The van der Waals surface area contributed by atoms with E-state index in [1.54, 1.807) is 35.5 Å². The number of anilines is 3. The molecule has 0 radical (unpaired) electrons. The lowest BCUT2D eigenvalue weighted by molar-refractivity contribution is 0.414. The molecule has 0 amide bonds. The van der Waals surface area contributed by atoms with Gasteiger partial charge in [0.25, 0.3) is 0 Å². The number of rotatable bonds is 14. The van der Waals surface area contributed by atoms with E-state index in [1.165, 1.54) is 0 Å². The van der Waals surface area contributed by atoms with Gasteiger partial charge in [-0.2, -0.15) is 0 Å². The standard InChI is InChI=1S/C51H45NO5/c1-53-45-24-10-38(11-25-45)50(39-12-26-46(54-2)27-13-39)34-36-6-18-42(19-7-36)52(44-22-32-49(57-5)33-23-44)43-20-8-37(9-21-43)35-51(40-14-28-47(55-3)29-15-40)41-16-30-48(56-4)31-17-41/h6-35H,1-5H3. The highest BCUT2D eigenvalue weighted by molar-refractivity contribution is 5.93. The van der Waals surface area contributed by atoms with Crippen molar-refractivity contribution >= 4 is 40.4 Å². The number of methoxy groups -OCH3 is 5. The van der Waals surface area contributed by atoms with Crippen LogP contribution in [-0.2, 0) is 0 Å². The van der Waals surface area contributed by atoms with Gasteiger partial charge in [0.1, 0.15) is 28.7 Å². The third-order valence-corrected chi connectivity index (χ3v) is 9.86. The molecule has 7 rings (SSSR count). The SMILES string of the molecule is COc1ccc(C(=Cc2ccc(N(c3ccc(C=C(c4ccc(OC)cc4)c4ccc(OC)cc4)cc3)c3ccc(OC)cc3)cc2)c2ccc(OC)cc2)cc1. The second-order valence-electron chi connectivity index (χ2n) is 13.2. The number of benzene rings is 7. The van der Waals surface area contributed by atoms with E-state index in [-0.39, 0.29) is 0 Å². The second kappa shape index (κ2) is 18.0. The fourth-order valence-electron chi connectivity index (χ4n) is 6.70. The van der Waals surface area contributed by atoms with Crippen LogP contribution in [-0.4, -0.2) is 35.5 Å². The van der Waals surface area contributed by atoms with Crippen molar-refractivity contribution in [3.05, 3.63) is 203 Å². The molecule has 284 valence electrons. The topological polar surface area (TPSA) is 49.4 Å². The average Bonchev–Trinajstić information content (AvgIpc) is 3.29. The van der Waals surface area contributed by atoms with Crippen LogP contribution in [0, 0.1) is 0 Å². The smallest absolute Gasteiger partial charge is 0.119 e. The minimum Gasteiger partial charge on any atom is -0.497 e. The first-order chi connectivity index (χ1) is 28.0. The highest BCUT2D eigenvalue weighted by Crippen LogP contribution is 2.37. The molecule has 0 saturated carbocycles. The summed E-state index contributed by atoms with van der Waals surface area (Å²) in [6.45, 7) is 0. The molecule has 0 saturated heterocycles. The summed E-state index contributed by atoms with van der Waals surface area (Å²) in [5.41, 5.74) is 11.7. The maximum absolute atomic E-state index is 5.50. The lowest BCUT2D eigenvalue weighted by atomic mass is 9.95. The highest BCUT2D eigenvalue weighted by atomic mass is 16.5. The van der Waals surface area contributed by atoms with Crippen LogP contribution in [0.15, 0.2) is 170 Å². The van der Waals surface area contributed by atoms with Gasteiger partial charge in [0, 0.05) is 17.1 Å². The zero-order chi connectivity index (χ0) is 39.6. The van der Waals surface area contributed by atoms with Crippen LogP contribution in [0.5, 0.6) is 28.7 Å². The van der Waals surface area contributed by atoms with E-state index in [4.69, 9.17) is 23.7 Å². The Hall–Kier alpha value is -7.18. The summed E-state index contributed by atoms with van der Waals surface area (Å²) in [6, 6.07) is 58.0. The molecule has 7 aromatic carbocycles. The fourth-order valence-corrected chi connectivity index (χ4v) is 6.70. The van der Waals surface area contributed by atoms with Crippen LogP contribution in [0.4, 0.5) is 17.1 Å². The predicted molar refractivity (Wildman–Crippen MR) is 234 cm³/mol. The van der Waals surface area contributed by atoms with Crippen molar-refractivity contribution in [1.29, 1.82) is 0 Å². The lowest BCUT2D eigenvalue weighted by Gasteiger charge is -2.26. The summed E-state index contributed by atoms with van der Waals surface area (Å²) in [4.78, 5) is 2.25. The number of nitrogens with zero attached hydrogens (tertiary/aromatic N) is 1.